The number of aryl methyl sites for hydroxylation is 1. The average Bonchev–Trinajstić information content (AvgIpc) is 3.13. The Morgan fingerprint density at radius 3 is 1.74 bits per heavy atom. The van der Waals surface area contributed by atoms with E-state index < -0.39 is 58.2 Å². The monoisotopic (exact) mass is 607 g/mol. The lowest BCUT2D eigenvalue weighted by Crippen LogP contribution is -2.71. The Morgan fingerprint density at radius 1 is 0.795 bits per heavy atom. The third kappa shape index (κ3) is 5.02. The molecule has 0 aliphatic carbocycles. The number of alkyl halides is 13. The first kappa shape index (κ1) is 32.2. The summed E-state index contributed by atoms with van der Waals surface area (Å²) < 4.78 is 179. The maximum absolute atomic E-state index is 14.3. The molecule has 1 heterocycles. The van der Waals surface area contributed by atoms with Gasteiger partial charge in [-0.2, -0.15) is 57.1 Å². The lowest BCUT2D eigenvalue weighted by molar-refractivity contribution is -0.435. The van der Waals surface area contributed by atoms with E-state index in [2.05, 4.69) is 0 Å². The van der Waals surface area contributed by atoms with E-state index >= 15 is 0 Å². The molecule has 0 fully saturated rings. The van der Waals surface area contributed by atoms with Crippen molar-refractivity contribution in [1.82, 2.24) is 0 Å². The topological polar surface area (TPSA) is 55.4 Å². The number of rotatable bonds is 9. The molecule has 2 aromatic rings. The molecular weight excluding hydrogens is 593 g/mol. The van der Waals surface area contributed by atoms with Crippen LogP contribution in [0.3, 0.4) is 0 Å². The highest BCUT2D eigenvalue weighted by Gasteiger charge is 2.91. The van der Waals surface area contributed by atoms with E-state index in [9.17, 15) is 66.7 Å². The van der Waals surface area contributed by atoms with Crippen LogP contribution in [0.4, 0.5) is 62.1 Å². The quantitative estimate of drug-likeness (QED) is 0.236. The predicted molar refractivity (Wildman–Crippen MR) is 110 cm³/mol. The molecule has 1 N–H and O–H groups in total. The van der Waals surface area contributed by atoms with Gasteiger partial charge in [-0.1, -0.05) is 30.3 Å². The first-order chi connectivity index (χ1) is 17.5. The zero-order valence-electron chi connectivity index (χ0n) is 19.1. The molecule has 4 nitrogen and oxygen atoms in total. The third-order valence-corrected chi connectivity index (χ3v) is 6.09. The fraction of sp³-hybridized carbons (Fsp3) is 0.429. The van der Waals surface area contributed by atoms with Crippen molar-refractivity contribution in [3.8, 4) is 11.1 Å². The highest BCUT2D eigenvalue weighted by atomic mass is 32.1. The SMILES string of the molecule is CCOC(=O)c1c(NC(=O)C(F)(F)C(F)(F)C(F)(F)C(F)(F)C(F)(F)C(F)(F)F)sc(C)c1-c1ccccc1. The summed E-state index contributed by atoms with van der Waals surface area (Å²) in [6.45, 7) is 2.18. The van der Waals surface area contributed by atoms with Crippen LogP contribution >= 0.6 is 11.3 Å². The van der Waals surface area contributed by atoms with Gasteiger partial charge in [0.1, 0.15) is 10.6 Å². The van der Waals surface area contributed by atoms with Gasteiger partial charge in [-0.3, -0.25) is 4.79 Å². The number of hydrogen-bond acceptors (Lipinski definition) is 4. The average molecular weight is 607 g/mol. The summed E-state index contributed by atoms with van der Waals surface area (Å²) in [5, 5.41) is -0.0463. The molecule has 0 radical (unpaired) electrons. The normalized spacial score (nSPS) is 13.8. The second kappa shape index (κ2) is 10.2. The summed E-state index contributed by atoms with van der Waals surface area (Å²) in [6, 6.07) is 7.13. The van der Waals surface area contributed by atoms with E-state index in [1.807, 2.05) is 0 Å². The minimum atomic E-state index is -8.15. The molecule has 39 heavy (non-hydrogen) atoms. The number of benzene rings is 1. The number of nitrogens with one attached hydrogen (secondary N) is 1. The first-order valence-electron chi connectivity index (χ1n) is 10.1. The van der Waals surface area contributed by atoms with Crippen LogP contribution in [0, 0.1) is 6.92 Å². The lowest BCUT2D eigenvalue weighted by Gasteiger charge is -2.39. The molecule has 218 valence electrons. The van der Waals surface area contributed by atoms with E-state index in [0.29, 0.717) is 0 Å². The summed E-state index contributed by atoms with van der Waals surface area (Å²) in [4.78, 5) is 24.5. The van der Waals surface area contributed by atoms with Crippen LogP contribution < -0.4 is 5.32 Å². The van der Waals surface area contributed by atoms with Gasteiger partial charge in [0, 0.05) is 10.4 Å². The summed E-state index contributed by atoms with van der Waals surface area (Å²) in [5.74, 6) is -43.9. The molecule has 0 aliphatic rings. The van der Waals surface area contributed by atoms with Crippen LogP contribution in [0.25, 0.3) is 11.1 Å². The van der Waals surface area contributed by atoms with Gasteiger partial charge in [0.25, 0.3) is 0 Å². The van der Waals surface area contributed by atoms with Gasteiger partial charge >= 0.3 is 47.7 Å². The number of thiophene rings is 1. The van der Waals surface area contributed by atoms with Crippen LogP contribution in [0.1, 0.15) is 22.2 Å². The van der Waals surface area contributed by atoms with Gasteiger partial charge in [-0.05, 0) is 19.4 Å². The van der Waals surface area contributed by atoms with Crippen molar-refractivity contribution < 1.29 is 71.4 Å². The molecule has 0 spiro atoms. The van der Waals surface area contributed by atoms with Gasteiger partial charge in [0.05, 0.1) is 6.61 Å². The van der Waals surface area contributed by atoms with Crippen LogP contribution in [-0.4, -0.2) is 54.3 Å². The molecule has 0 saturated heterocycles. The minimum absolute atomic E-state index is 0.0383. The van der Waals surface area contributed by atoms with Gasteiger partial charge in [-0.15, -0.1) is 11.3 Å². The first-order valence-corrected chi connectivity index (χ1v) is 11.0. The summed E-state index contributed by atoms with van der Waals surface area (Å²) in [6.07, 6.45) is -7.58. The van der Waals surface area contributed by atoms with Crippen molar-refractivity contribution in [2.24, 2.45) is 0 Å². The number of halogens is 13. The van der Waals surface area contributed by atoms with Gasteiger partial charge in [-0.25, -0.2) is 4.79 Å². The smallest absolute Gasteiger partial charge is 0.460 e. The number of amides is 1. The van der Waals surface area contributed by atoms with Crippen molar-refractivity contribution in [3.05, 3.63) is 40.8 Å². The van der Waals surface area contributed by atoms with E-state index in [4.69, 9.17) is 4.74 Å². The summed E-state index contributed by atoms with van der Waals surface area (Å²) >= 11 is 0.250. The van der Waals surface area contributed by atoms with Crippen molar-refractivity contribution in [2.45, 2.75) is 49.6 Å². The molecule has 1 amide bonds. The standard InChI is InChI=1S/C21H14F13NO3S/c1-3-38-14(36)12-11(10-7-5-4-6-8-10)9(2)39-13(12)35-15(37)16(22,23)17(24,25)18(26,27)19(28,29)20(30,31)21(32,33)34/h4-8H,3H2,1-2H3,(H,35,37). The second-order valence-corrected chi connectivity index (χ2v) is 8.87. The lowest BCUT2D eigenvalue weighted by atomic mass is 9.93. The summed E-state index contributed by atoms with van der Waals surface area (Å²) in [5.41, 5.74) is -0.669. The molecule has 0 saturated carbocycles. The van der Waals surface area contributed by atoms with Crippen LogP contribution in [0.5, 0.6) is 0 Å². The molecule has 0 bridgehead atoms. The Hall–Kier alpha value is -3.05. The maximum Gasteiger partial charge on any atom is 0.460 e. The highest BCUT2D eigenvalue weighted by molar-refractivity contribution is 7.17. The molecule has 18 heteroatoms. The van der Waals surface area contributed by atoms with Crippen molar-refractivity contribution in [2.75, 3.05) is 11.9 Å². The number of anilines is 1. The maximum atomic E-state index is 14.3. The Morgan fingerprint density at radius 2 is 1.28 bits per heavy atom. The predicted octanol–water partition coefficient (Wildman–Crippen LogP) is 7.58. The molecule has 0 unspecified atom stereocenters. The van der Waals surface area contributed by atoms with E-state index in [0.717, 1.165) is 5.32 Å². The highest BCUT2D eigenvalue weighted by Crippen LogP contribution is 2.60. The van der Waals surface area contributed by atoms with Gasteiger partial charge in [0.15, 0.2) is 0 Å². The Labute approximate surface area is 213 Å². The van der Waals surface area contributed by atoms with Crippen LogP contribution in [0.15, 0.2) is 30.3 Å². The Balaban J connectivity index is 2.60. The largest absolute Gasteiger partial charge is 0.462 e. The van der Waals surface area contributed by atoms with Crippen molar-refractivity contribution >= 4 is 28.2 Å². The number of esters is 1. The Kier molecular flexibility index (Phi) is 8.38. The number of carbonyl (C=O) groups excluding carboxylic acids is 2. The molecular formula is C21H14F13NO3S. The van der Waals surface area contributed by atoms with E-state index in [-0.39, 0.29) is 33.9 Å². The molecule has 1 aromatic carbocycles. The summed E-state index contributed by atoms with van der Waals surface area (Å²) in [7, 11) is 0. The minimum Gasteiger partial charge on any atom is -0.462 e. The molecule has 0 aliphatic heterocycles. The van der Waals surface area contributed by atoms with E-state index in [1.54, 1.807) is 0 Å². The van der Waals surface area contributed by atoms with Crippen molar-refractivity contribution in [3.63, 3.8) is 0 Å². The number of hydrogen-bond donors (Lipinski definition) is 1. The van der Waals surface area contributed by atoms with Gasteiger partial charge < -0.3 is 10.1 Å². The third-order valence-electron chi connectivity index (χ3n) is 5.07. The van der Waals surface area contributed by atoms with Crippen LogP contribution in [0.2, 0.25) is 0 Å². The molecule has 1 aromatic heterocycles. The second-order valence-electron chi connectivity index (χ2n) is 7.65. The van der Waals surface area contributed by atoms with Gasteiger partial charge in [0.2, 0.25) is 0 Å². The number of carbonyl (C=O) groups is 2. The van der Waals surface area contributed by atoms with E-state index in [1.165, 1.54) is 44.2 Å². The fourth-order valence-corrected chi connectivity index (χ4v) is 4.14. The molecule has 2 rings (SSSR count). The zero-order valence-corrected chi connectivity index (χ0v) is 20.0. The Bertz CT molecular complexity index is 1220. The number of ether oxygens (including phenoxy) is 1. The fourth-order valence-electron chi connectivity index (χ4n) is 3.08. The zero-order chi connectivity index (χ0) is 30.4. The van der Waals surface area contributed by atoms with Crippen LogP contribution in [-0.2, 0) is 9.53 Å². The van der Waals surface area contributed by atoms with Crippen molar-refractivity contribution in [1.29, 1.82) is 0 Å². The molecule has 0 atom stereocenters.